The van der Waals surface area contributed by atoms with Crippen molar-refractivity contribution >= 4 is 33.2 Å². The van der Waals surface area contributed by atoms with Crippen LogP contribution in [0.2, 0.25) is 0 Å². The minimum Gasteiger partial charge on any atom is -0.354 e. The van der Waals surface area contributed by atoms with Gasteiger partial charge in [0.1, 0.15) is 0 Å². The average molecular weight is 376 g/mol. The van der Waals surface area contributed by atoms with Gasteiger partial charge >= 0.3 is 0 Å². The summed E-state index contributed by atoms with van der Waals surface area (Å²) in [6.07, 6.45) is 5.42. The van der Waals surface area contributed by atoms with Gasteiger partial charge in [-0.15, -0.1) is 0 Å². The molecule has 2 rings (SSSR count). The maximum atomic E-state index is 12.4. The summed E-state index contributed by atoms with van der Waals surface area (Å²) in [5.74, 6) is 0.00197. The standard InChI is InChI=1S/C18H22BrN3O/c1-4-5-8-22(3)18(23)14-10-16(12-20-11-14)21-17-7-6-15(19)9-13(17)2/h6-7,9-12,21H,4-5,8H2,1-3H3. The first-order valence-corrected chi connectivity index (χ1v) is 8.54. The molecule has 1 amide bonds. The van der Waals surface area contributed by atoms with Crippen molar-refractivity contribution in [2.45, 2.75) is 26.7 Å². The zero-order valence-corrected chi connectivity index (χ0v) is 15.4. The number of aromatic nitrogens is 1. The molecule has 0 radical (unpaired) electrons. The number of carbonyl (C=O) groups excluding carboxylic acids is 1. The van der Waals surface area contributed by atoms with E-state index in [4.69, 9.17) is 0 Å². The quantitative estimate of drug-likeness (QED) is 0.790. The van der Waals surface area contributed by atoms with E-state index in [0.717, 1.165) is 40.8 Å². The number of unbranched alkanes of at least 4 members (excludes halogenated alkanes) is 1. The van der Waals surface area contributed by atoms with E-state index in [1.807, 2.05) is 38.2 Å². The summed E-state index contributed by atoms with van der Waals surface area (Å²) in [7, 11) is 1.83. The summed E-state index contributed by atoms with van der Waals surface area (Å²) in [5.41, 5.74) is 3.53. The number of hydrogen-bond acceptors (Lipinski definition) is 3. The lowest BCUT2D eigenvalue weighted by Gasteiger charge is -2.17. The summed E-state index contributed by atoms with van der Waals surface area (Å²) in [6, 6.07) is 7.88. The van der Waals surface area contributed by atoms with Gasteiger partial charge in [-0.1, -0.05) is 29.3 Å². The molecule has 0 unspecified atom stereocenters. The maximum Gasteiger partial charge on any atom is 0.255 e. The number of carbonyl (C=O) groups is 1. The van der Waals surface area contributed by atoms with E-state index < -0.39 is 0 Å². The van der Waals surface area contributed by atoms with Gasteiger partial charge in [0.2, 0.25) is 0 Å². The van der Waals surface area contributed by atoms with E-state index in [0.29, 0.717) is 5.56 Å². The monoisotopic (exact) mass is 375 g/mol. The molecular formula is C18H22BrN3O. The van der Waals surface area contributed by atoms with Crippen LogP contribution >= 0.6 is 15.9 Å². The zero-order valence-electron chi connectivity index (χ0n) is 13.8. The van der Waals surface area contributed by atoms with Gasteiger partial charge < -0.3 is 10.2 Å². The molecule has 0 fully saturated rings. The molecule has 0 saturated heterocycles. The highest BCUT2D eigenvalue weighted by atomic mass is 79.9. The predicted molar refractivity (Wildman–Crippen MR) is 98.3 cm³/mol. The molecule has 0 saturated carbocycles. The molecule has 1 aromatic heterocycles. The van der Waals surface area contributed by atoms with Gasteiger partial charge in [-0.2, -0.15) is 0 Å². The Balaban J connectivity index is 2.14. The lowest BCUT2D eigenvalue weighted by Crippen LogP contribution is -2.27. The van der Waals surface area contributed by atoms with Crippen molar-refractivity contribution in [1.29, 1.82) is 0 Å². The van der Waals surface area contributed by atoms with E-state index in [2.05, 4.69) is 33.2 Å². The smallest absolute Gasteiger partial charge is 0.255 e. The lowest BCUT2D eigenvalue weighted by molar-refractivity contribution is 0.0793. The second-order valence-electron chi connectivity index (χ2n) is 5.63. The molecular weight excluding hydrogens is 354 g/mol. The molecule has 0 bridgehead atoms. The highest BCUT2D eigenvalue weighted by molar-refractivity contribution is 9.10. The van der Waals surface area contributed by atoms with Crippen LogP contribution in [0.1, 0.15) is 35.7 Å². The number of hydrogen-bond donors (Lipinski definition) is 1. The topological polar surface area (TPSA) is 45.2 Å². The number of nitrogens with zero attached hydrogens (tertiary/aromatic N) is 2. The molecule has 2 aromatic rings. The Hall–Kier alpha value is -1.88. The molecule has 0 aliphatic carbocycles. The third kappa shape index (κ3) is 4.79. The summed E-state index contributed by atoms with van der Waals surface area (Å²) < 4.78 is 1.04. The fourth-order valence-corrected chi connectivity index (χ4v) is 2.74. The number of halogens is 1. The Labute approximate surface area is 146 Å². The fraction of sp³-hybridized carbons (Fsp3) is 0.333. The van der Waals surface area contributed by atoms with Crippen LogP contribution in [0.5, 0.6) is 0 Å². The Kier molecular flexibility index (Phi) is 6.16. The van der Waals surface area contributed by atoms with Crippen LogP contribution in [0.3, 0.4) is 0 Å². The van der Waals surface area contributed by atoms with Crippen LogP contribution in [0.15, 0.2) is 41.1 Å². The van der Waals surface area contributed by atoms with Crippen molar-refractivity contribution < 1.29 is 4.79 Å². The van der Waals surface area contributed by atoms with Gasteiger partial charge in [0.25, 0.3) is 5.91 Å². The number of amides is 1. The Morgan fingerprint density at radius 1 is 1.30 bits per heavy atom. The van der Waals surface area contributed by atoms with Crippen LogP contribution in [0.25, 0.3) is 0 Å². The first-order chi connectivity index (χ1) is 11.0. The number of benzene rings is 1. The fourth-order valence-electron chi connectivity index (χ4n) is 2.27. The van der Waals surface area contributed by atoms with E-state index in [-0.39, 0.29) is 5.91 Å². The highest BCUT2D eigenvalue weighted by Crippen LogP contribution is 2.24. The first-order valence-electron chi connectivity index (χ1n) is 7.75. The molecule has 1 N–H and O–H groups in total. The third-order valence-corrected chi connectivity index (χ3v) is 4.14. The largest absolute Gasteiger partial charge is 0.354 e. The minimum absolute atomic E-state index is 0.00197. The molecule has 23 heavy (non-hydrogen) atoms. The van der Waals surface area contributed by atoms with E-state index >= 15 is 0 Å². The van der Waals surface area contributed by atoms with Crippen molar-refractivity contribution in [3.63, 3.8) is 0 Å². The van der Waals surface area contributed by atoms with Crippen molar-refractivity contribution in [2.75, 3.05) is 18.9 Å². The first kappa shape index (κ1) is 17.5. The van der Waals surface area contributed by atoms with Crippen LogP contribution in [0.4, 0.5) is 11.4 Å². The van der Waals surface area contributed by atoms with E-state index in [9.17, 15) is 4.79 Å². The SMILES string of the molecule is CCCCN(C)C(=O)c1cncc(Nc2ccc(Br)cc2C)c1. The number of aryl methyl sites for hydroxylation is 1. The van der Waals surface area contributed by atoms with Gasteiger partial charge in [0.15, 0.2) is 0 Å². The molecule has 0 atom stereocenters. The highest BCUT2D eigenvalue weighted by Gasteiger charge is 2.12. The normalized spacial score (nSPS) is 10.4. The second-order valence-corrected chi connectivity index (χ2v) is 6.54. The molecule has 5 heteroatoms. The zero-order chi connectivity index (χ0) is 16.8. The van der Waals surface area contributed by atoms with Crippen LogP contribution < -0.4 is 5.32 Å². The van der Waals surface area contributed by atoms with Gasteiger partial charge in [0, 0.05) is 29.9 Å². The Bertz CT molecular complexity index is 688. The maximum absolute atomic E-state index is 12.4. The van der Waals surface area contributed by atoms with Gasteiger partial charge in [-0.25, -0.2) is 0 Å². The van der Waals surface area contributed by atoms with Crippen molar-refractivity contribution in [3.8, 4) is 0 Å². The van der Waals surface area contributed by atoms with E-state index in [1.165, 1.54) is 0 Å². The van der Waals surface area contributed by atoms with E-state index in [1.54, 1.807) is 17.3 Å². The second kappa shape index (κ2) is 8.11. The number of rotatable bonds is 6. The molecule has 0 aliphatic heterocycles. The summed E-state index contributed by atoms with van der Waals surface area (Å²) in [4.78, 5) is 18.4. The summed E-state index contributed by atoms with van der Waals surface area (Å²) in [5, 5.41) is 3.32. The molecule has 1 aromatic carbocycles. The van der Waals surface area contributed by atoms with Gasteiger partial charge in [0.05, 0.1) is 17.4 Å². The van der Waals surface area contributed by atoms with Crippen molar-refractivity contribution in [3.05, 3.63) is 52.3 Å². The number of nitrogens with one attached hydrogen (secondary N) is 1. The van der Waals surface area contributed by atoms with Gasteiger partial charge in [-0.05, 0) is 43.2 Å². The third-order valence-electron chi connectivity index (χ3n) is 3.65. The number of pyridine rings is 1. The van der Waals surface area contributed by atoms with Gasteiger partial charge in [-0.3, -0.25) is 9.78 Å². The predicted octanol–water partition coefficient (Wildman–Crippen LogP) is 4.77. The van der Waals surface area contributed by atoms with Crippen LogP contribution in [-0.4, -0.2) is 29.4 Å². The summed E-state index contributed by atoms with van der Waals surface area (Å²) >= 11 is 3.46. The molecule has 0 spiro atoms. The van der Waals surface area contributed by atoms with Crippen molar-refractivity contribution in [1.82, 2.24) is 9.88 Å². The molecule has 122 valence electrons. The van der Waals surface area contributed by atoms with Crippen molar-refractivity contribution in [2.24, 2.45) is 0 Å². The lowest BCUT2D eigenvalue weighted by atomic mass is 10.2. The van der Waals surface area contributed by atoms with Crippen LogP contribution in [-0.2, 0) is 0 Å². The number of anilines is 2. The molecule has 0 aliphatic rings. The van der Waals surface area contributed by atoms with Crippen LogP contribution in [0, 0.1) is 6.92 Å². The molecule has 1 heterocycles. The summed E-state index contributed by atoms with van der Waals surface area (Å²) in [6.45, 7) is 4.91. The minimum atomic E-state index is 0.00197. The molecule has 4 nitrogen and oxygen atoms in total. The Morgan fingerprint density at radius 2 is 2.09 bits per heavy atom. The average Bonchev–Trinajstić information content (AvgIpc) is 2.55. The Morgan fingerprint density at radius 3 is 2.78 bits per heavy atom.